The Balaban J connectivity index is 2.27. The molecule has 18 heavy (non-hydrogen) atoms. The molecule has 1 heterocycles. The Morgan fingerprint density at radius 1 is 1.39 bits per heavy atom. The van der Waals surface area contributed by atoms with E-state index in [0.717, 1.165) is 24.1 Å². The summed E-state index contributed by atoms with van der Waals surface area (Å²) in [6.07, 6.45) is 4.45. The first-order valence-electron chi connectivity index (χ1n) is 6.16. The third kappa shape index (κ3) is 2.97. The van der Waals surface area contributed by atoms with Gasteiger partial charge >= 0.3 is 0 Å². The second-order valence-electron chi connectivity index (χ2n) is 4.36. The molecule has 5 heteroatoms. The van der Waals surface area contributed by atoms with E-state index in [1.165, 1.54) is 18.4 Å². The summed E-state index contributed by atoms with van der Waals surface area (Å²) < 4.78 is 10.6. The standard InChI is InChI=1S/C13H18N2O2S/c1-16-6-7-17-13-10(12(14)18)8-9-4-2-3-5-11(9)15-13/h8H,2-7H2,1H3,(H2,14,18). The van der Waals surface area contributed by atoms with E-state index in [4.69, 9.17) is 27.4 Å². The van der Waals surface area contributed by atoms with Crippen molar-refractivity contribution in [1.29, 1.82) is 0 Å². The Morgan fingerprint density at radius 2 is 2.17 bits per heavy atom. The van der Waals surface area contributed by atoms with E-state index in [1.807, 2.05) is 6.07 Å². The fourth-order valence-electron chi connectivity index (χ4n) is 2.12. The molecule has 0 spiro atoms. The summed E-state index contributed by atoms with van der Waals surface area (Å²) in [5.74, 6) is 0.542. The zero-order valence-corrected chi connectivity index (χ0v) is 11.4. The fourth-order valence-corrected chi connectivity index (χ4v) is 2.27. The van der Waals surface area contributed by atoms with Crippen molar-refractivity contribution in [1.82, 2.24) is 4.98 Å². The summed E-state index contributed by atoms with van der Waals surface area (Å²) in [4.78, 5) is 4.90. The Labute approximate surface area is 112 Å². The van der Waals surface area contributed by atoms with Crippen LogP contribution in [0.5, 0.6) is 5.88 Å². The number of methoxy groups -OCH3 is 1. The third-order valence-corrected chi connectivity index (χ3v) is 3.28. The van der Waals surface area contributed by atoms with Crippen LogP contribution in [0.4, 0.5) is 0 Å². The number of rotatable bonds is 5. The van der Waals surface area contributed by atoms with Crippen molar-refractivity contribution in [3.63, 3.8) is 0 Å². The van der Waals surface area contributed by atoms with E-state index >= 15 is 0 Å². The highest BCUT2D eigenvalue weighted by atomic mass is 32.1. The van der Waals surface area contributed by atoms with Crippen molar-refractivity contribution < 1.29 is 9.47 Å². The van der Waals surface area contributed by atoms with Crippen molar-refractivity contribution in [2.24, 2.45) is 5.73 Å². The van der Waals surface area contributed by atoms with Crippen LogP contribution in [-0.2, 0) is 17.6 Å². The predicted octanol–water partition coefficient (Wildman–Crippen LogP) is 1.62. The lowest BCUT2D eigenvalue weighted by molar-refractivity contribution is 0.143. The number of hydrogen-bond acceptors (Lipinski definition) is 4. The molecule has 0 saturated carbocycles. The lowest BCUT2D eigenvalue weighted by atomic mass is 9.95. The number of ether oxygens (including phenoxy) is 2. The van der Waals surface area contributed by atoms with Crippen molar-refractivity contribution in [3.05, 3.63) is 22.9 Å². The fraction of sp³-hybridized carbons (Fsp3) is 0.538. The quantitative estimate of drug-likeness (QED) is 0.648. The van der Waals surface area contributed by atoms with Gasteiger partial charge in [-0.1, -0.05) is 12.2 Å². The predicted molar refractivity (Wildman–Crippen MR) is 74.1 cm³/mol. The maximum Gasteiger partial charge on any atom is 0.224 e. The molecular weight excluding hydrogens is 248 g/mol. The van der Waals surface area contributed by atoms with Gasteiger partial charge in [0.05, 0.1) is 12.2 Å². The van der Waals surface area contributed by atoms with Crippen LogP contribution in [0.1, 0.15) is 29.7 Å². The summed E-state index contributed by atoms with van der Waals surface area (Å²) in [6.45, 7) is 0.980. The number of thiocarbonyl (C=S) groups is 1. The van der Waals surface area contributed by atoms with E-state index in [2.05, 4.69) is 4.98 Å². The zero-order valence-electron chi connectivity index (χ0n) is 10.6. The zero-order chi connectivity index (χ0) is 13.0. The highest BCUT2D eigenvalue weighted by molar-refractivity contribution is 7.80. The summed E-state index contributed by atoms with van der Waals surface area (Å²) in [7, 11) is 1.64. The molecule has 0 amide bonds. The maximum absolute atomic E-state index is 5.73. The van der Waals surface area contributed by atoms with Crippen molar-refractivity contribution >= 4 is 17.2 Å². The van der Waals surface area contributed by atoms with Crippen molar-refractivity contribution in [2.45, 2.75) is 25.7 Å². The summed E-state index contributed by atoms with van der Waals surface area (Å²) in [6, 6.07) is 2.03. The smallest absolute Gasteiger partial charge is 0.224 e. The maximum atomic E-state index is 5.73. The van der Waals surface area contributed by atoms with E-state index < -0.39 is 0 Å². The first-order chi connectivity index (χ1) is 8.72. The van der Waals surface area contributed by atoms with Crippen LogP contribution in [-0.4, -0.2) is 30.3 Å². The highest BCUT2D eigenvalue weighted by Crippen LogP contribution is 2.26. The Hall–Kier alpha value is -1.20. The molecule has 1 aromatic heterocycles. The van der Waals surface area contributed by atoms with Gasteiger partial charge in [0.15, 0.2) is 0 Å². The van der Waals surface area contributed by atoms with Gasteiger partial charge in [0.2, 0.25) is 5.88 Å². The monoisotopic (exact) mass is 266 g/mol. The second kappa shape index (κ2) is 6.11. The van der Waals surface area contributed by atoms with Gasteiger partial charge < -0.3 is 15.2 Å². The van der Waals surface area contributed by atoms with Crippen LogP contribution < -0.4 is 10.5 Å². The minimum Gasteiger partial charge on any atom is -0.475 e. The Kier molecular flexibility index (Phi) is 4.49. The summed E-state index contributed by atoms with van der Waals surface area (Å²) in [5.41, 5.74) is 8.84. The van der Waals surface area contributed by atoms with Gasteiger partial charge in [-0.15, -0.1) is 0 Å². The molecule has 0 aromatic carbocycles. The average molecular weight is 266 g/mol. The molecule has 2 rings (SSSR count). The van der Waals surface area contributed by atoms with Crippen molar-refractivity contribution in [2.75, 3.05) is 20.3 Å². The first kappa shape index (κ1) is 13.2. The minimum absolute atomic E-state index is 0.336. The van der Waals surface area contributed by atoms with Gasteiger partial charge in [-0.25, -0.2) is 4.98 Å². The lowest BCUT2D eigenvalue weighted by Crippen LogP contribution is -2.17. The van der Waals surface area contributed by atoms with E-state index in [1.54, 1.807) is 7.11 Å². The molecule has 2 N–H and O–H groups in total. The van der Waals surface area contributed by atoms with Crippen LogP contribution in [0.25, 0.3) is 0 Å². The molecular formula is C13H18N2O2S. The molecule has 0 radical (unpaired) electrons. The van der Waals surface area contributed by atoms with Gasteiger partial charge in [0.1, 0.15) is 11.6 Å². The van der Waals surface area contributed by atoms with Crippen LogP contribution in [0.2, 0.25) is 0 Å². The normalized spacial score (nSPS) is 14.1. The Morgan fingerprint density at radius 3 is 2.89 bits per heavy atom. The first-order valence-corrected chi connectivity index (χ1v) is 6.57. The topological polar surface area (TPSA) is 57.4 Å². The number of aryl methyl sites for hydroxylation is 2. The number of nitrogens with zero attached hydrogens (tertiary/aromatic N) is 1. The van der Waals surface area contributed by atoms with E-state index in [-0.39, 0.29) is 0 Å². The number of pyridine rings is 1. The lowest BCUT2D eigenvalue weighted by Gasteiger charge is -2.18. The SMILES string of the molecule is COCCOc1nc2c(cc1C(N)=S)CCCC2. The van der Waals surface area contributed by atoms with Crippen LogP contribution in [0, 0.1) is 0 Å². The third-order valence-electron chi connectivity index (χ3n) is 3.06. The van der Waals surface area contributed by atoms with Gasteiger partial charge in [-0.2, -0.15) is 0 Å². The second-order valence-corrected chi connectivity index (χ2v) is 4.80. The molecule has 0 atom stereocenters. The van der Waals surface area contributed by atoms with Gasteiger partial charge in [-0.3, -0.25) is 0 Å². The molecule has 1 aromatic rings. The molecule has 0 fully saturated rings. The van der Waals surface area contributed by atoms with Gasteiger partial charge in [-0.05, 0) is 37.3 Å². The molecule has 4 nitrogen and oxygen atoms in total. The molecule has 0 aliphatic heterocycles. The minimum atomic E-state index is 0.336. The average Bonchev–Trinajstić information content (AvgIpc) is 2.38. The van der Waals surface area contributed by atoms with Crippen LogP contribution >= 0.6 is 12.2 Å². The van der Waals surface area contributed by atoms with Crippen LogP contribution in [0.3, 0.4) is 0 Å². The largest absolute Gasteiger partial charge is 0.475 e. The summed E-state index contributed by atoms with van der Waals surface area (Å²) >= 11 is 5.06. The van der Waals surface area contributed by atoms with Crippen LogP contribution in [0.15, 0.2) is 6.07 Å². The van der Waals surface area contributed by atoms with E-state index in [0.29, 0.717) is 24.1 Å². The molecule has 0 bridgehead atoms. The Bertz CT molecular complexity index is 449. The molecule has 0 unspecified atom stereocenters. The number of fused-ring (bicyclic) bond motifs is 1. The summed E-state index contributed by atoms with van der Waals surface area (Å²) in [5, 5.41) is 0. The van der Waals surface area contributed by atoms with E-state index in [9.17, 15) is 0 Å². The number of hydrogen-bond donors (Lipinski definition) is 1. The number of aromatic nitrogens is 1. The molecule has 1 aliphatic rings. The molecule has 1 aliphatic carbocycles. The van der Waals surface area contributed by atoms with Gasteiger partial charge in [0.25, 0.3) is 0 Å². The highest BCUT2D eigenvalue weighted by Gasteiger charge is 2.17. The molecule has 98 valence electrons. The van der Waals surface area contributed by atoms with Crippen molar-refractivity contribution in [3.8, 4) is 5.88 Å². The number of nitrogens with two attached hydrogens (primary N) is 1. The molecule has 0 saturated heterocycles. The van der Waals surface area contributed by atoms with Gasteiger partial charge in [0, 0.05) is 12.8 Å².